The molecule has 0 unspecified atom stereocenters. The normalized spacial score (nSPS) is 16.0. The first kappa shape index (κ1) is 25.1. The number of ether oxygens (including phenoxy) is 1. The third-order valence-corrected chi connectivity index (χ3v) is 7.51. The maximum absolute atomic E-state index is 14.4. The van der Waals surface area contributed by atoms with Gasteiger partial charge in [0, 0.05) is 31.6 Å². The first-order chi connectivity index (χ1) is 16.7. The molecule has 0 spiro atoms. The van der Waals surface area contributed by atoms with E-state index in [1.54, 1.807) is 25.1 Å². The smallest absolute Gasteiger partial charge is 0.285 e. The Labute approximate surface area is 207 Å². The molecule has 3 aromatic rings. The van der Waals surface area contributed by atoms with E-state index >= 15 is 0 Å². The van der Waals surface area contributed by atoms with Crippen LogP contribution in [-0.2, 0) is 10.0 Å². The van der Waals surface area contributed by atoms with Crippen LogP contribution in [0.2, 0.25) is 5.02 Å². The zero-order valence-corrected chi connectivity index (χ0v) is 20.8. The van der Waals surface area contributed by atoms with Gasteiger partial charge in [0.15, 0.2) is 0 Å². The monoisotopic (exact) mass is 521 g/mol. The van der Waals surface area contributed by atoms with Crippen molar-refractivity contribution >= 4 is 27.3 Å². The molecule has 0 saturated carbocycles. The zero-order chi connectivity index (χ0) is 25.2. The summed E-state index contributed by atoms with van der Waals surface area (Å²) in [5, 5.41) is 6.13. The van der Waals surface area contributed by atoms with Crippen LogP contribution in [0.5, 0.6) is 5.88 Å². The lowest BCUT2D eigenvalue weighted by molar-refractivity contribution is 0.213. The minimum atomic E-state index is -3.61. The molecule has 1 atom stereocenters. The Morgan fingerprint density at radius 1 is 1.31 bits per heavy atom. The van der Waals surface area contributed by atoms with Gasteiger partial charge in [-0.05, 0) is 42.2 Å². The van der Waals surface area contributed by atoms with Crippen LogP contribution in [0, 0.1) is 12.9 Å². The summed E-state index contributed by atoms with van der Waals surface area (Å²) in [6, 6.07) is 7.60. The molecule has 9 nitrogen and oxygen atoms in total. The molecular formula is C23H25ClFN5O4S. The second kappa shape index (κ2) is 10.3. The molecule has 0 aliphatic carbocycles. The lowest BCUT2D eigenvalue weighted by Crippen LogP contribution is -2.26. The minimum absolute atomic E-state index is 0.0534. The molecule has 12 heteroatoms. The number of halogens is 2. The Bertz CT molecular complexity index is 1400. The number of aromatic nitrogens is 3. The summed E-state index contributed by atoms with van der Waals surface area (Å²) in [5.74, 6) is -0.599. The molecule has 1 saturated heterocycles. The number of sulfonamides is 1. The van der Waals surface area contributed by atoms with Crippen molar-refractivity contribution in [1.29, 1.82) is 0 Å². The highest BCUT2D eigenvalue weighted by Crippen LogP contribution is 2.30. The Kier molecular flexibility index (Phi) is 7.39. The summed E-state index contributed by atoms with van der Waals surface area (Å²) in [4.78, 5) is 17.6. The second-order valence-electron chi connectivity index (χ2n) is 8.26. The Morgan fingerprint density at radius 3 is 2.86 bits per heavy atom. The quantitative estimate of drug-likeness (QED) is 0.437. The molecule has 4 rings (SSSR count). The van der Waals surface area contributed by atoms with Gasteiger partial charge in [0.1, 0.15) is 11.1 Å². The molecule has 1 aliphatic rings. The van der Waals surface area contributed by atoms with Crippen molar-refractivity contribution in [2.45, 2.75) is 37.7 Å². The number of benzene rings is 1. The molecule has 3 heterocycles. The molecule has 2 aromatic heterocycles. The summed E-state index contributed by atoms with van der Waals surface area (Å²) >= 11 is 6.10. The van der Waals surface area contributed by atoms with E-state index in [4.69, 9.17) is 16.3 Å². The number of pyridine rings is 1. The Balaban J connectivity index is 1.53. The lowest BCUT2D eigenvalue weighted by atomic mass is 10.0. The van der Waals surface area contributed by atoms with Gasteiger partial charge in [0.05, 0.1) is 23.3 Å². The van der Waals surface area contributed by atoms with Gasteiger partial charge in [0.2, 0.25) is 21.9 Å². The molecule has 1 aromatic carbocycles. The molecule has 0 amide bonds. The molecule has 0 radical (unpaired) electrons. The number of anilines is 1. The van der Waals surface area contributed by atoms with E-state index in [1.165, 1.54) is 18.3 Å². The topological polar surface area (TPSA) is 117 Å². The van der Waals surface area contributed by atoms with E-state index < -0.39 is 21.5 Å². The standard InChI is InChI=1S/C23H25ClFN5O4S/c1-3-7-27-35(32,33)17-4-5-18(14(2)9-17)15-10-20(25)28-21(11-15)34-16-6-8-30(13-16)19-12-26-29-23(31)22(19)24/h4-5,9-12,16,27H,3,6-8,13H2,1-2H3,(H,29,31)/t16-/m1/s1. The van der Waals surface area contributed by atoms with Crippen LogP contribution in [0.4, 0.5) is 10.1 Å². The van der Waals surface area contributed by atoms with E-state index in [1.807, 2.05) is 11.8 Å². The highest BCUT2D eigenvalue weighted by molar-refractivity contribution is 7.89. The number of nitrogens with one attached hydrogen (secondary N) is 2. The number of aromatic amines is 1. The molecular weight excluding hydrogens is 497 g/mol. The summed E-state index contributed by atoms with van der Waals surface area (Å²) in [5.41, 5.74) is 1.89. The number of H-pyrrole nitrogens is 1. The summed E-state index contributed by atoms with van der Waals surface area (Å²) < 4.78 is 47.7. The van der Waals surface area contributed by atoms with Gasteiger partial charge in [-0.3, -0.25) is 4.79 Å². The first-order valence-corrected chi connectivity index (χ1v) is 13.0. The van der Waals surface area contributed by atoms with Crippen LogP contribution in [0.3, 0.4) is 0 Å². The van der Waals surface area contributed by atoms with Crippen molar-refractivity contribution in [3.05, 3.63) is 63.4 Å². The summed E-state index contributed by atoms with van der Waals surface area (Å²) in [6.07, 6.45) is 2.48. The van der Waals surface area contributed by atoms with Gasteiger partial charge in [0.25, 0.3) is 5.56 Å². The third-order valence-electron chi connectivity index (χ3n) is 5.68. The van der Waals surface area contributed by atoms with Gasteiger partial charge in [-0.15, -0.1) is 0 Å². The number of rotatable bonds is 8. The number of hydrogen-bond acceptors (Lipinski definition) is 7. The zero-order valence-electron chi connectivity index (χ0n) is 19.2. The SMILES string of the molecule is CCCNS(=O)(=O)c1ccc(-c2cc(F)nc(O[C@@H]3CCN(c4cn[nH]c(=O)c4Cl)C3)c2)c(C)c1. The number of aryl methyl sites for hydroxylation is 1. The Morgan fingerprint density at radius 2 is 2.11 bits per heavy atom. The number of nitrogens with zero attached hydrogens (tertiary/aromatic N) is 3. The average molecular weight is 522 g/mol. The Hall–Kier alpha value is -3.02. The maximum atomic E-state index is 14.4. The minimum Gasteiger partial charge on any atom is -0.472 e. The fourth-order valence-corrected chi connectivity index (χ4v) is 5.37. The van der Waals surface area contributed by atoms with Crippen molar-refractivity contribution in [3.63, 3.8) is 0 Å². The highest BCUT2D eigenvalue weighted by atomic mass is 35.5. The van der Waals surface area contributed by atoms with Gasteiger partial charge in [-0.1, -0.05) is 24.6 Å². The molecule has 2 N–H and O–H groups in total. The van der Waals surface area contributed by atoms with Crippen molar-refractivity contribution < 1.29 is 17.5 Å². The van der Waals surface area contributed by atoms with Gasteiger partial charge in [-0.2, -0.15) is 14.5 Å². The van der Waals surface area contributed by atoms with Crippen molar-refractivity contribution in [1.82, 2.24) is 19.9 Å². The second-order valence-corrected chi connectivity index (χ2v) is 10.4. The van der Waals surface area contributed by atoms with Crippen LogP contribution in [0.25, 0.3) is 11.1 Å². The van der Waals surface area contributed by atoms with Crippen molar-refractivity contribution in [2.75, 3.05) is 24.5 Å². The van der Waals surface area contributed by atoms with E-state index in [9.17, 15) is 17.6 Å². The predicted octanol–water partition coefficient (Wildman–Crippen LogP) is 3.28. The number of hydrogen-bond donors (Lipinski definition) is 2. The molecule has 35 heavy (non-hydrogen) atoms. The van der Waals surface area contributed by atoms with E-state index in [0.717, 1.165) is 0 Å². The fraction of sp³-hybridized carbons (Fsp3) is 0.348. The van der Waals surface area contributed by atoms with Crippen LogP contribution in [-0.4, -0.2) is 49.3 Å². The molecule has 1 fully saturated rings. The molecule has 0 bridgehead atoms. The van der Waals surface area contributed by atoms with Crippen LogP contribution < -0.4 is 19.9 Å². The van der Waals surface area contributed by atoms with E-state index in [-0.39, 0.29) is 21.9 Å². The summed E-state index contributed by atoms with van der Waals surface area (Å²) in [7, 11) is -3.61. The molecule has 1 aliphatic heterocycles. The lowest BCUT2D eigenvalue weighted by Gasteiger charge is -2.19. The predicted molar refractivity (Wildman–Crippen MR) is 131 cm³/mol. The van der Waals surface area contributed by atoms with Gasteiger partial charge in [-0.25, -0.2) is 18.2 Å². The largest absolute Gasteiger partial charge is 0.472 e. The van der Waals surface area contributed by atoms with Crippen molar-refractivity contribution in [2.24, 2.45) is 0 Å². The van der Waals surface area contributed by atoms with Crippen molar-refractivity contribution in [3.8, 4) is 17.0 Å². The van der Waals surface area contributed by atoms with Gasteiger partial charge < -0.3 is 9.64 Å². The van der Waals surface area contributed by atoms with Crippen LogP contribution in [0.1, 0.15) is 25.3 Å². The first-order valence-electron chi connectivity index (χ1n) is 11.1. The summed E-state index contributed by atoms with van der Waals surface area (Å²) in [6.45, 7) is 5.00. The van der Waals surface area contributed by atoms with Crippen LogP contribution >= 0.6 is 11.6 Å². The third kappa shape index (κ3) is 5.63. The highest BCUT2D eigenvalue weighted by Gasteiger charge is 2.27. The molecule has 186 valence electrons. The van der Waals surface area contributed by atoms with E-state index in [2.05, 4.69) is 19.9 Å². The van der Waals surface area contributed by atoms with E-state index in [0.29, 0.717) is 54.9 Å². The maximum Gasteiger partial charge on any atom is 0.285 e. The van der Waals surface area contributed by atoms with Crippen LogP contribution in [0.15, 0.2) is 46.2 Å². The van der Waals surface area contributed by atoms with Gasteiger partial charge >= 0.3 is 0 Å². The fourth-order valence-electron chi connectivity index (χ4n) is 3.94. The average Bonchev–Trinajstić information content (AvgIpc) is 3.27.